The monoisotopic (exact) mass is 277 g/mol. The molecule has 0 bridgehead atoms. The van der Waals surface area contributed by atoms with Crippen LogP contribution in [0.15, 0.2) is 27.6 Å². The van der Waals surface area contributed by atoms with Crippen molar-refractivity contribution < 1.29 is 4.52 Å². The topological polar surface area (TPSA) is 101 Å². The molecule has 0 radical (unpaired) electrons. The van der Waals surface area contributed by atoms with Crippen molar-refractivity contribution in [1.82, 2.24) is 20.0 Å². The number of nitrogens with one attached hydrogen (secondary N) is 1. The number of pyridine rings is 1. The highest BCUT2D eigenvalue weighted by Gasteiger charge is 2.17. The van der Waals surface area contributed by atoms with Crippen molar-refractivity contribution in [3.63, 3.8) is 0 Å². The molecule has 3 N–H and O–H groups in total. The van der Waals surface area contributed by atoms with Crippen LogP contribution in [0, 0.1) is 0 Å². The number of likely N-dealkylation sites (N-methyl/N-ethyl adjacent to an activating group) is 1. The molecule has 7 heteroatoms. The smallest absolute Gasteiger partial charge is 0.258 e. The molecule has 0 aliphatic heterocycles. The van der Waals surface area contributed by atoms with E-state index >= 15 is 0 Å². The average Bonchev–Trinajstić information content (AvgIpc) is 2.94. The minimum Gasteiger partial charge on any atom is -0.334 e. The lowest BCUT2D eigenvalue weighted by Crippen LogP contribution is -2.32. The number of aromatic amines is 1. The molecule has 0 aliphatic carbocycles. The number of hydrogen-bond acceptors (Lipinski definition) is 6. The van der Waals surface area contributed by atoms with E-state index in [4.69, 9.17) is 10.3 Å². The highest BCUT2D eigenvalue weighted by atomic mass is 16.5. The van der Waals surface area contributed by atoms with Crippen molar-refractivity contribution in [2.75, 3.05) is 19.6 Å². The maximum atomic E-state index is 11.3. The zero-order valence-electron chi connectivity index (χ0n) is 11.7. The predicted octanol–water partition coefficient (Wildman–Crippen LogP) is 0.766. The number of H-pyrrole nitrogens is 1. The second kappa shape index (κ2) is 6.44. The van der Waals surface area contributed by atoms with E-state index in [9.17, 15) is 4.79 Å². The van der Waals surface area contributed by atoms with E-state index in [-0.39, 0.29) is 11.6 Å². The Balaban J connectivity index is 2.14. The van der Waals surface area contributed by atoms with Crippen molar-refractivity contribution in [1.29, 1.82) is 0 Å². The first-order valence-corrected chi connectivity index (χ1v) is 6.64. The SMILES string of the molecule is CCN(CC)CC(N)c1noc(-c2cc[nH]c(=O)c2)n1. The molecule has 2 rings (SSSR count). The van der Waals surface area contributed by atoms with Gasteiger partial charge >= 0.3 is 0 Å². The van der Waals surface area contributed by atoms with Crippen LogP contribution in [0.1, 0.15) is 25.7 Å². The summed E-state index contributed by atoms with van der Waals surface area (Å²) in [7, 11) is 0. The summed E-state index contributed by atoms with van der Waals surface area (Å²) in [6.45, 7) is 6.66. The van der Waals surface area contributed by atoms with Gasteiger partial charge < -0.3 is 20.1 Å². The maximum absolute atomic E-state index is 11.3. The molecule has 0 spiro atoms. The lowest BCUT2D eigenvalue weighted by molar-refractivity contribution is 0.278. The van der Waals surface area contributed by atoms with E-state index in [1.807, 2.05) is 0 Å². The van der Waals surface area contributed by atoms with Gasteiger partial charge in [-0.1, -0.05) is 19.0 Å². The van der Waals surface area contributed by atoms with Gasteiger partial charge in [0.05, 0.1) is 6.04 Å². The van der Waals surface area contributed by atoms with Crippen LogP contribution >= 0.6 is 0 Å². The Labute approximate surface area is 116 Å². The Morgan fingerprint density at radius 2 is 2.20 bits per heavy atom. The van der Waals surface area contributed by atoms with Gasteiger partial charge in [0.25, 0.3) is 5.89 Å². The van der Waals surface area contributed by atoms with Gasteiger partial charge in [-0.2, -0.15) is 4.98 Å². The van der Waals surface area contributed by atoms with E-state index in [0.717, 1.165) is 13.1 Å². The standard InChI is InChI=1S/C13H19N5O2/c1-3-18(4-2)8-10(14)12-16-13(20-17-12)9-5-6-15-11(19)7-9/h5-7,10H,3-4,8,14H2,1-2H3,(H,15,19). The van der Waals surface area contributed by atoms with Gasteiger partial charge in [0, 0.05) is 24.4 Å². The lowest BCUT2D eigenvalue weighted by atomic mass is 10.2. The largest absolute Gasteiger partial charge is 0.334 e. The van der Waals surface area contributed by atoms with Gasteiger partial charge in [0.1, 0.15) is 0 Å². The van der Waals surface area contributed by atoms with Gasteiger partial charge in [-0.25, -0.2) is 0 Å². The van der Waals surface area contributed by atoms with Crippen LogP contribution in [0.3, 0.4) is 0 Å². The van der Waals surface area contributed by atoms with Crippen LogP contribution in [-0.2, 0) is 0 Å². The predicted molar refractivity (Wildman–Crippen MR) is 75.1 cm³/mol. The number of aromatic nitrogens is 3. The third-order valence-electron chi connectivity index (χ3n) is 3.14. The van der Waals surface area contributed by atoms with Crippen LogP contribution in [0.2, 0.25) is 0 Å². The Morgan fingerprint density at radius 3 is 2.85 bits per heavy atom. The molecule has 1 atom stereocenters. The Bertz CT molecular complexity index is 603. The maximum Gasteiger partial charge on any atom is 0.258 e. The minimum atomic E-state index is -0.311. The summed E-state index contributed by atoms with van der Waals surface area (Å²) in [4.78, 5) is 20.2. The minimum absolute atomic E-state index is 0.213. The van der Waals surface area contributed by atoms with Crippen LogP contribution in [0.25, 0.3) is 11.5 Å². The summed E-state index contributed by atoms with van der Waals surface area (Å²) in [5.41, 5.74) is 6.45. The Hall–Kier alpha value is -1.99. The molecule has 0 aliphatic rings. The molecule has 2 aromatic heterocycles. The van der Waals surface area contributed by atoms with E-state index in [2.05, 4.69) is 33.9 Å². The van der Waals surface area contributed by atoms with Gasteiger partial charge in [-0.15, -0.1) is 0 Å². The third kappa shape index (κ3) is 3.31. The zero-order valence-corrected chi connectivity index (χ0v) is 11.7. The van der Waals surface area contributed by atoms with Crippen molar-refractivity contribution in [3.05, 3.63) is 34.5 Å². The first kappa shape index (κ1) is 14.4. The summed E-state index contributed by atoms with van der Waals surface area (Å²) in [6, 6.07) is 2.80. The van der Waals surface area contributed by atoms with Crippen molar-refractivity contribution >= 4 is 0 Å². The summed E-state index contributed by atoms with van der Waals surface area (Å²) in [5.74, 6) is 0.758. The van der Waals surface area contributed by atoms with Crippen LogP contribution < -0.4 is 11.3 Å². The molecule has 2 heterocycles. The molecule has 1 unspecified atom stereocenters. The number of nitrogens with two attached hydrogens (primary N) is 1. The summed E-state index contributed by atoms with van der Waals surface area (Å²) >= 11 is 0. The molecule has 0 fully saturated rings. The molecule has 108 valence electrons. The van der Waals surface area contributed by atoms with E-state index in [1.54, 1.807) is 6.07 Å². The van der Waals surface area contributed by atoms with Gasteiger partial charge in [0.15, 0.2) is 5.82 Å². The lowest BCUT2D eigenvalue weighted by Gasteiger charge is -2.20. The Kier molecular flexibility index (Phi) is 4.65. The summed E-state index contributed by atoms with van der Waals surface area (Å²) in [5, 5.41) is 3.89. The third-order valence-corrected chi connectivity index (χ3v) is 3.14. The quantitative estimate of drug-likeness (QED) is 0.808. The molecular weight excluding hydrogens is 258 g/mol. The number of hydrogen-bond donors (Lipinski definition) is 2. The normalized spacial score (nSPS) is 12.8. The summed E-state index contributed by atoms with van der Waals surface area (Å²) < 4.78 is 5.16. The number of rotatable bonds is 6. The fourth-order valence-electron chi connectivity index (χ4n) is 1.92. The van der Waals surface area contributed by atoms with Gasteiger partial charge in [-0.05, 0) is 19.2 Å². The molecule has 0 amide bonds. The zero-order chi connectivity index (χ0) is 14.5. The highest BCUT2D eigenvalue weighted by molar-refractivity contribution is 5.51. The second-order valence-corrected chi connectivity index (χ2v) is 4.49. The van der Waals surface area contributed by atoms with Crippen molar-refractivity contribution in [3.8, 4) is 11.5 Å². The average molecular weight is 277 g/mol. The van der Waals surface area contributed by atoms with E-state index in [1.165, 1.54) is 12.3 Å². The number of nitrogens with zero attached hydrogens (tertiary/aromatic N) is 3. The molecular formula is C13H19N5O2. The van der Waals surface area contributed by atoms with Gasteiger partial charge in [0.2, 0.25) is 5.56 Å². The van der Waals surface area contributed by atoms with Crippen molar-refractivity contribution in [2.45, 2.75) is 19.9 Å². The van der Waals surface area contributed by atoms with Crippen LogP contribution in [0.4, 0.5) is 0 Å². The van der Waals surface area contributed by atoms with Crippen LogP contribution in [0.5, 0.6) is 0 Å². The van der Waals surface area contributed by atoms with Crippen molar-refractivity contribution in [2.24, 2.45) is 5.73 Å². The molecule has 0 saturated carbocycles. The molecule has 0 saturated heterocycles. The van der Waals surface area contributed by atoms with Gasteiger partial charge in [-0.3, -0.25) is 4.79 Å². The Morgan fingerprint density at radius 1 is 1.45 bits per heavy atom. The molecule has 20 heavy (non-hydrogen) atoms. The molecule has 2 aromatic rings. The molecule has 0 aromatic carbocycles. The highest BCUT2D eigenvalue weighted by Crippen LogP contribution is 2.17. The first-order chi connectivity index (χ1) is 9.63. The van der Waals surface area contributed by atoms with E-state index in [0.29, 0.717) is 23.8 Å². The second-order valence-electron chi connectivity index (χ2n) is 4.49. The fraction of sp³-hybridized carbons (Fsp3) is 0.462. The summed E-state index contributed by atoms with van der Waals surface area (Å²) in [6.07, 6.45) is 1.54. The van der Waals surface area contributed by atoms with Crippen LogP contribution in [-0.4, -0.2) is 39.7 Å². The fourth-order valence-corrected chi connectivity index (χ4v) is 1.92. The molecule has 7 nitrogen and oxygen atoms in total. The van der Waals surface area contributed by atoms with E-state index < -0.39 is 0 Å². The first-order valence-electron chi connectivity index (χ1n) is 6.64.